The van der Waals surface area contributed by atoms with Crippen LogP contribution in [-0.4, -0.2) is 11.0 Å². The number of hydrogen-bond acceptors (Lipinski definition) is 4. The number of carbonyl (C=O) groups is 1. The van der Waals surface area contributed by atoms with Crippen LogP contribution in [0.2, 0.25) is 0 Å². The lowest BCUT2D eigenvalue weighted by molar-refractivity contribution is 0.262. The molecule has 1 aliphatic carbocycles. The number of rotatable bonds is 3. The van der Waals surface area contributed by atoms with Gasteiger partial charge in [-0.25, -0.2) is 9.78 Å². The molecule has 1 aliphatic rings. The minimum Gasteiger partial charge on any atom is -0.308 e. The third kappa shape index (κ3) is 3.66. The molecule has 0 atom stereocenters. The Labute approximate surface area is 177 Å². The number of amides is 2. The molecule has 4 nitrogen and oxygen atoms in total. The first-order chi connectivity index (χ1) is 14.2. The summed E-state index contributed by atoms with van der Waals surface area (Å²) in [5, 5.41) is 7.95. The van der Waals surface area contributed by atoms with E-state index in [2.05, 4.69) is 16.7 Å². The summed E-state index contributed by atoms with van der Waals surface area (Å²) in [6, 6.07) is 15.8. The summed E-state index contributed by atoms with van der Waals surface area (Å²) < 4.78 is 1.17. The van der Waals surface area contributed by atoms with Crippen molar-refractivity contribution in [3.8, 4) is 10.6 Å². The van der Waals surface area contributed by atoms with Crippen LogP contribution in [0.3, 0.4) is 0 Å². The fraction of sp³-hybridized carbons (Fsp3) is 0.217. The molecule has 5 rings (SSSR count). The maximum Gasteiger partial charge on any atom is 0.324 e. The van der Waals surface area contributed by atoms with E-state index in [1.165, 1.54) is 33.5 Å². The molecular formula is C23H21N3OS2. The molecule has 29 heavy (non-hydrogen) atoms. The van der Waals surface area contributed by atoms with Crippen LogP contribution in [0.4, 0.5) is 15.5 Å². The van der Waals surface area contributed by atoms with Crippen LogP contribution < -0.4 is 10.6 Å². The number of thiazole rings is 1. The molecule has 0 unspecified atom stereocenters. The van der Waals surface area contributed by atoms with Gasteiger partial charge in [-0.3, -0.25) is 5.32 Å². The second-order valence-corrected chi connectivity index (χ2v) is 9.48. The second-order valence-electron chi connectivity index (χ2n) is 7.35. The Morgan fingerprint density at radius 3 is 2.59 bits per heavy atom. The Balaban J connectivity index is 1.50. The van der Waals surface area contributed by atoms with Crippen molar-refractivity contribution < 1.29 is 4.79 Å². The Morgan fingerprint density at radius 1 is 0.966 bits per heavy atom. The van der Waals surface area contributed by atoms with Crippen LogP contribution in [0.15, 0.2) is 48.5 Å². The number of thiophene rings is 1. The fourth-order valence-electron chi connectivity index (χ4n) is 3.76. The predicted molar refractivity (Wildman–Crippen MR) is 123 cm³/mol. The molecule has 2 aromatic carbocycles. The van der Waals surface area contributed by atoms with Gasteiger partial charge in [-0.2, -0.15) is 0 Å². The number of nitrogens with zero attached hydrogens (tertiary/aromatic N) is 1. The standard InChI is InChI=1S/C23H21N3OS2/c1-14-10-12-15(13-11-14)24-23(27)26-22-20(16-6-2-4-8-18(16)28-22)21-25-17-7-3-5-9-19(17)29-21/h3,5,7,9-13H,2,4,6,8H2,1H3,(H2,24,26,27). The van der Waals surface area contributed by atoms with Gasteiger partial charge in [0.15, 0.2) is 0 Å². The number of para-hydroxylation sites is 1. The first-order valence-corrected chi connectivity index (χ1v) is 11.5. The highest BCUT2D eigenvalue weighted by Gasteiger charge is 2.25. The van der Waals surface area contributed by atoms with Gasteiger partial charge in [-0.05, 0) is 62.4 Å². The predicted octanol–water partition coefficient (Wildman–Crippen LogP) is 6.86. The molecule has 0 aliphatic heterocycles. The topological polar surface area (TPSA) is 54.0 Å². The van der Waals surface area contributed by atoms with Crippen LogP contribution in [0.25, 0.3) is 20.8 Å². The van der Waals surface area contributed by atoms with Gasteiger partial charge in [0.25, 0.3) is 0 Å². The molecule has 0 radical (unpaired) electrons. The highest BCUT2D eigenvalue weighted by molar-refractivity contribution is 7.22. The van der Waals surface area contributed by atoms with Crippen molar-refractivity contribution in [3.05, 3.63) is 64.5 Å². The van der Waals surface area contributed by atoms with E-state index >= 15 is 0 Å². The Bertz CT molecular complexity index is 1160. The van der Waals surface area contributed by atoms with E-state index in [4.69, 9.17) is 4.98 Å². The highest BCUT2D eigenvalue weighted by Crippen LogP contribution is 2.46. The van der Waals surface area contributed by atoms with E-state index in [9.17, 15) is 4.79 Å². The monoisotopic (exact) mass is 419 g/mol. The maximum atomic E-state index is 12.7. The van der Waals surface area contributed by atoms with Gasteiger partial charge in [-0.1, -0.05) is 29.8 Å². The van der Waals surface area contributed by atoms with Crippen molar-refractivity contribution in [1.82, 2.24) is 4.98 Å². The molecule has 0 saturated carbocycles. The lowest BCUT2D eigenvalue weighted by atomic mass is 9.96. The molecule has 2 N–H and O–H groups in total. The van der Waals surface area contributed by atoms with Gasteiger partial charge in [0.05, 0.1) is 10.2 Å². The summed E-state index contributed by atoms with van der Waals surface area (Å²) in [5.74, 6) is 0. The number of benzene rings is 2. The van der Waals surface area contributed by atoms with Crippen LogP contribution in [0.5, 0.6) is 0 Å². The van der Waals surface area contributed by atoms with Gasteiger partial charge in [0, 0.05) is 16.1 Å². The van der Waals surface area contributed by atoms with E-state index in [-0.39, 0.29) is 6.03 Å². The number of aromatic nitrogens is 1. The van der Waals surface area contributed by atoms with E-state index < -0.39 is 0 Å². The molecule has 0 bridgehead atoms. The number of carbonyl (C=O) groups excluding carboxylic acids is 1. The van der Waals surface area contributed by atoms with Crippen molar-refractivity contribution >= 4 is 49.6 Å². The first-order valence-electron chi connectivity index (χ1n) is 9.82. The van der Waals surface area contributed by atoms with Crippen molar-refractivity contribution in [2.75, 3.05) is 10.6 Å². The number of aryl methyl sites for hydroxylation is 2. The molecule has 2 heterocycles. The summed E-state index contributed by atoms with van der Waals surface area (Å²) >= 11 is 3.40. The van der Waals surface area contributed by atoms with Crippen molar-refractivity contribution in [3.63, 3.8) is 0 Å². The third-order valence-corrected chi connectivity index (χ3v) is 7.48. The molecule has 0 spiro atoms. The largest absolute Gasteiger partial charge is 0.324 e. The van der Waals surface area contributed by atoms with E-state index in [0.717, 1.165) is 39.6 Å². The number of hydrogen-bond donors (Lipinski definition) is 2. The van der Waals surface area contributed by atoms with Gasteiger partial charge >= 0.3 is 6.03 Å². The van der Waals surface area contributed by atoms with E-state index in [1.54, 1.807) is 22.7 Å². The van der Waals surface area contributed by atoms with Crippen molar-refractivity contribution in [2.45, 2.75) is 32.6 Å². The lowest BCUT2D eigenvalue weighted by Gasteiger charge is -2.12. The smallest absolute Gasteiger partial charge is 0.308 e. The van der Waals surface area contributed by atoms with Crippen molar-refractivity contribution in [1.29, 1.82) is 0 Å². The number of nitrogens with one attached hydrogen (secondary N) is 2. The normalized spacial score (nSPS) is 13.3. The molecular weight excluding hydrogens is 398 g/mol. The molecule has 2 aromatic heterocycles. The maximum absolute atomic E-state index is 12.7. The lowest BCUT2D eigenvalue weighted by Crippen LogP contribution is -2.19. The zero-order chi connectivity index (χ0) is 19.8. The van der Waals surface area contributed by atoms with Crippen LogP contribution in [0.1, 0.15) is 28.8 Å². The average Bonchev–Trinajstić information content (AvgIpc) is 3.30. The second kappa shape index (κ2) is 7.61. The van der Waals surface area contributed by atoms with Gasteiger partial charge in [0.1, 0.15) is 10.0 Å². The summed E-state index contributed by atoms with van der Waals surface area (Å²) in [6.07, 6.45) is 4.54. The molecule has 0 fully saturated rings. The van der Waals surface area contributed by atoms with Crippen molar-refractivity contribution in [2.24, 2.45) is 0 Å². The zero-order valence-corrected chi connectivity index (χ0v) is 17.8. The summed E-state index contributed by atoms with van der Waals surface area (Å²) in [4.78, 5) is 19.0. The number of anilines is 2. The minimum absolute atomic E-state index is 0.213. The number of urea groups is 1. The Kier molecular flexibility index (Phi) is 4.81. The Hall–Kier alpha value is -2.70. The first kappa shape index (κ1) is 18.3. The van der Waals surface area contributed by atoms with Gasteiger partial charge in [0.2, 0.25) is 0 Å². The third-order valence-electron chi connectivity index (χ3n) is 5.22. The SMILES string of the molecule is Cc1ccc(NC(=O)Nc2sc3c(c2-c2nc4ccccc4s2)CCCC3)cc1. The van der Waals surface area contributed by atoms with E-state index in [0.29, 0.717) is 0 Å². The highest BCUT2D eigenvalue weighted by atomic mass is 32.1. The quantitative estimate of drug-likeness (QED) is 0.381. The summed E-state index contributed by atoms with van der Waals surface area (Å²) in [6.45, 7) is 2.03. The van der Waals surface area contributed by atoms with Crippen LogP contribution in [0, 0.1) is 6.92 Å². The summed E-state index contributed by atoms with van der Waals surface area (Å²) in [7, 11) is 0. The van der Waals surface area contributed by atoms with E-state index in [1.807, 2.05) is 49.4 Å². The van der Waals surface area contributed by atoms with Gasteiger partial charge < -0.3 is 5.32 Å². The number of fused-ring (bicyclic) bond motifs is 2. The van der Waals surface area contributed by atoms with Gasteiger partial charge in [-0.15, -0.1) is 22.7 Å². The molecule has 146 valence electrons. The summed E-state index contributed by atoms with van der Waals surface area (Å²) in [5.41, 5.74) is 5.45. The Morgan fingerprint density at radius 2 is 1.76 bits per heavy atom. The molecule has 2 amide bonds. The van der Waals surface area contributed by atoms with Crippen LogP contribution in [-0.2, 0) is 12.8 Å². The molecule has 4 aromatic rings. The molecule has 6 heteroatoms. The average molecular weight is 420 g/mol. The fourth-order valence-corrected chi connectivity index (χ4v) is 6.16. The molecule has 0 saturated heterocycles. The zero-order valence-electron chi connectivity index (χ0n) is 16.1. The van der Waals surface area contributed by atoms with Crippen LogP contribution >= 0.6 is 22.7 Å². The minimum atomic E-state index is -0.213.